The molecule has 0 heterocycles. The lowest BCUT2D eigenvalue weighted by molar-refractivity contribution is -0.145. The van der Waals surface area contributed by atoms with Crippen LogP contribution in [0.25, 0.3) is 0 Å². The number of aliphatic carboxylic acids is 1. The number of carbonyl (C=O) groups is 1. The average molecular weight is 278 g/mol. The van der Waals surface area contributed by atoms with Crippen molar-refractivity contribution < 1.29 is 18.3 Å². The van der Waals surface area contributed by atoms with Crippen LogP contribution in [-0.4, -0.2) is 31.6 Å². The summed E-state index contributed by atoms with van der Waals surface area (Å²) in [5.74, 6) is -0.584. The quantitative estimate of drug-likeness (QED) is 0.671. The Morgan fingerprint density at radius 2 is 1.89 bits per heavy atom. The first-order valence-electron chi connectivity index (χ1n) is 6.37. The van der Waals surface area contributed by atoms with Crippen LogP contribution in [0.3, 0.4) is 0 Å². The normalized spacial score (nSPS) is 29.1. The smallest absolute Gasteiger partial charge is 0.324 e. The zero-order valence-corrected chi connectivity index (χ0v) is 11.7. The van der Waals surface area contributed by atoms with Crippen molar-refractivity contribution in [2.24, 2.45) is 5.92 Å². The molecular weight excluding hydrogens is 256 g/mol. The Bertz CT molecular complexity index is 386. The number of carboxylic acid groups (broad SMARTS) is 1. The number of nitrogens with one attached hydrogen (secondary N) is 2. The van der Waals surface area contributed by atoms with Crippen molar-refractivity contribution in [2.45, 2.75) is 51.5 Å². The van der Waals surface area contributed by atoms with Gasteiger partial charge in [0, 0.05) is 6.54 Å². The van der Waals surface area contributed by atoms with E-state index < -0.39 is 21.7 Å². The summed E-state index contributed by atoms with van der Waals surface area (Å²) in [5, 5.41) is 9.32. The summed E-state index contributed by atoms with van der Waals surface area (Å²) in [4.78, 5) is 11.4. The molecule has 0 aromatic heterocycles. The topological polar surface area (TPSA) is 95.5 Å². The number of hydrogen-bond donors (Lipinski definition) is 3. The van der Waals surface area contributed by atoms with E-state index in [-0.39, 0.29) is 6.54 Å². The van der Waals surface area contributed by atoms with Gasteiger partial charge in [0.15, 0.2) is 0 Å². The Balaban J connectivity index is 2.81. The predicted octanol–water partition coefficient (Wildman–Crippen LogP) is 0.854. The molecule has 6 nitrogen and oxygen atoms in total. The Morgan fingerprint density at radius 1 is 1.33 bits per heavy atom. The molecule has 0 aromatic rings. The molecule has 0 aliphatic heterocycles. The monoisotopic (exact) mass is 278 g/mol. The highest BCUT2D eigenvalue weighted by molar-refractivity contribution is 7.87. The molecule has 7 heteroatoms. The van der Waals surface area contributed by atoms with Crippen LogP contribution in [0.1, 0.15) is 46.0 Å². The van der Waals surface area contributed by atoms with Crippen LogP contribution in [0, 0.1) is 5.92 Å². The molecule has 106 valence electrons. The molecule has 3 N–H and O–H groups in total. The molecule has 1 aliphatic carbocycles. The lowest BCUT2D eigenvalue weighted by Gasteiger charge is -2.36. The summed E-state index contributed by atoms with van der Waals surface area (Å²) in [6.07, 6.45) is 3.21. The van der Waals surface area contributed by atoms with Gasteiger partial charge in [0.25, 0.3) is 10.2 Å². The summed E-state index contributed by atoms with van der Waals surface area (Å²) in [7, 11) is -3.74. The van der Waals surface area contributed by atoms with E-state index in [0.717, 1.165) is 19.3 Å². The second kappa shape index (κ2) is 5.99. The molecule has 1 fully saturated rings. The first kappa shape index (κ1) is 15.4. The summed E-state index contributed by atoms with van der Waals surface area (Å²) >= 11 is 0. The molecule has 0 spiro atoms. The van der Waals surface area contributed by atoms with E-state index in [4.69, 9.17) is 0 Å². The number of carboxylic acids is 1. The first-order chi connectivity index (χ1) is 8.35. The van der Waals surface area contributed by atoms with Gasteiger partial charge in [-0.1, -0.05) is 20.3 Å². The second-order valence-electron chi connectivity index (χ2n) is 4.84. The van der Waals surface area contributed by atoms with Crippen LogP contribution in [0.2, 0.25) is 0 Å². The molecule has 1 saturated carbocycles. The van der Waals surface area contributed by atoms with Gasteiger partial charge in [0.2, 0.25) is 0 Å². The summed E-state index contributed by atoms with van der Waals surface area (Å²) in [6.45, 7) is 3.96. The molecule has 0 bridgehead atoms. The molecule has 0 amide bonds. The Hall–Kier alpha value is -0.660. The van der Waals surface area contributed by atoms with Crippen molar-refractivity contribution >= 4 is 16.2 Å². The van der Waals surface area contributed by atoms with Crippen LogP contribution in [0.5, 0.6) is 0 Å². The highest BCUT2D eigenvalue weighted by Crippen LogP contribution is 2.34. The van der Waals surface area contributed by atoms with Gasteiger partial charge in [0.05, 0.1) is 0 Å². The van der Waals surface area contributed by atoms with Crippen LogP contribution in [0.4, 0.5) is 0 Å². The van der Waals surface area contributed by atoms with Crippen molar-refractivity contribution in [1.82, 2.24) is 9.44 Å². The highest BCUT2D eigenvalue weighted by Gasteiger charge is 2.44. The zero-order chi connectivity index (χ0) is 13.8. The molecule has 1 rings (SSSR count). The third kappa shape index (κ3) is 3.66. The molecule has 0 saturated heterocycles. The third-order valence-corrected chi connectivity index (χ3v) is 4.94. The fourth-order valence-electron chi connectivity index (χ4n) is 2.42. The number of rotatable bonds is 6. The molecule has 0 radical (unpaired) electrons. The van der Waals surface area contributed by atoms with E-state index in [0.29, 0.717) is 18.8 Å². The lowest BCUT2D eigenvalue weighted by Crippen LogP contribution is -2.58. The fourth-order valence-corrected chi connectivity index (χ4v) is 3.68. The van der Waals surface area contributed by atoms with E-state index in [2.05, 4.69) is 16.4 Å². The van der Waals surface area contributed by atoms with Gasteiger partial charge < -0.3 is 5.11 Å². The molecule has 0 aromatic carbocycles. The molecule has 0 unspecified atom stereocenters. The SMILES string of the molecule is CCNS(=O)(=O)NC1(C(=O)O)CCC(CC)CC1. The van der Waals surface area contributed by atoms with Crippen LogP contribution in [-0.2, 0) is 15.0 Å². The minimum atomic E-state index is -3.74. The van der Waals surface area contributed by atoms with Gasteiger partial charge in [0.1, 0.15) is 5.54 Å². The van der Waals surface area contributed by atoms with Crippen molar-refractivity contribution in [1.29, 1.82) is 0 Å². The first-order valence-corrected chi connectivity index (χ1v) is 7.85. The molecule has 1 aliphatic rings. The lowest BCUT2D eigenvalue weighted by atomic mass is 9.76. The van der Waals surface area contributed by atoms with E-state index >= 15 is 0 Å². The van der Waals surface area contributed by atoms with Gasteiger partial charge in [-0.15, -0.1) is 0 Å². The standard InChI is InChI=1S/C11H22N2O4S/c1-3-9-5-7-11(8-6-9,10(14)15)13-18(16,17)12-4-2/h9,12-13H,3-8H2,1-2H3,(H,14,15). The summed E-state index contributed by atoms with van der Waals surface area (Å²) < 4.78 is 27.9. The van der Waals surface area contributed by atoms with E-state index in [1.54, 1.807) is 6.92 Å². The molecule has 0 atom stereocenters. The second-order valence-corrected chi connectivity index (χ2v) is 6.34. The fraction of sp³-hybridized carbons (Fsp3) is 0.909. The molecular formula is C11H22N2O4S. The Morgan fingerprint density at radius 3 is 2.28 bits per heavy atom. The van der Waals surface area contributed by atoms with Crippen molar-refractivity contribution in [3.8, 4) is 0 Å². The summed E-state index contributed by atoms with van der Waals surface area (Å²) in [5.41, 5.74) is -1.34. The molecule has 18 heavy (non-hydrogen) atoms. The highest BCUT2D eigenvalue weighted by atomic mass is 32.2. The van der Waals surface area contributed by atoms with Crippen molar-refractivity contribution in [3.05, 3.63) is 0 Å². The average Bonchev–Trinajstić information content (AvgIpc) is 2.29. The Kier molecular flexibility index (Phi) is 5.12. The van der Waals surface area contributed by atoms with E-state index in [1.165, 1.54) is 0 Å². The van der Waals surface area contributed by atoms with Gasteiger partial charge >= 0.3 is 5.97 Å². The summed E-state index contributed by atoms with van der Waals surface area (Å²) in [6, 6.07) is 0. The van der Waals surface area contributed by atoms with Crippen molar-refractivity contribution in [2.75, 3.05) is 6.54 Å². The van der Waals surface area contributed by atoms with E-state index in [9.17, 15) is 18.3 Å². The minimum absolute atomic E-state index is 0.239. The van der Waals surface area contributed by atoms with Gasteiger partial charge in [-0.25, -0.2) is 4.72 Å². The van der Waals surface area contributed by atoms with Gasteiger partial charge in [-0.05, 0) is 31.6 Å². The van der Waals surface area contributed by atoms with Crippen LogP contribution in [0.15, 0.2) is 0 Å². The maximum atomic E-state index is 11.7. The van der Waals surface area contributed by atoms with Crippen LogP contribution < -0.4 is 9.44 Å². The van der Waals surface area contributed by atoms with E-state index in [1.807, 2.05) is 0 Å². The third-order valence-electron chi connectivity index (χ3n) is 3.61. The Labute approximate surface area is 108 Å². The maximum absolute atomic E-state index is 11.7. The van der Waals surface area contributed by atoms with Crippen molar-refractivity contribution in [3.63, 3.8) is 0 Å². The van der Waals surface area contributed by atoms with Crippen LogP contribution >= 0.6 is 0 Å². The number of hydrogen-bond acceptors (Lipinski definition) is 3. The maximum Gasteiger partial charge on any atom is 0.324 e. The van der Waals surface area contributed by atoms with Gasteiger partial charge in [-0.3, -0.25) is 4.79 Å². The van der Waals surface area contributed by atoms with Gasteiger partial charge in [-0.2, -0.15) is 13.1 Å². The minimum Gasteiger partial charge on any atom is -0.480 e. The largest absolute Gasteiger partial charge is 0.480 e. The predicted molar refractivity (Wildman–Crippen MR) is 68.3 cm³/mol. The zero-order valence-electron chi connectivity index (χ0n) is 10.9.